The number of nitrogens with one attached hydrogen (secondary N) is 1. The standard InChI is InChI=1S/C28H25ClN4/c1-18(2)20-10-12-22(13-11-20)32-27-26-24(21-7-5-4-6-8-21)16-33(28(26)31-17-30-27)23-14-9-19(3)25(29)15-23/h4-18H,1-3H3,(H,30,31,32). The molecule has 1 N–H and O–H groups in total. The fourth-order valence-electron chi connectivity index (χ4n) is 4.01. The zero-order chi connectivity index (χ0) is 22.9. The molecule has 0 aliphatic heterocycles. The summed E-state index contributed by atoms with van der Waals surface area (Å²) < 4.78 is 2.08. The summed E-state index contributed by atoms with van der Waals surface area (Å²) in [7, 11) is 0. The van der Waals surface area contributed by atoms with Crippen molar-refractivity contribution in [3.05, 3.63) is 101 Å². The van der Waals surface area contributed by atoms with Gasteiger partial charge in [0.1, 0.15) is 12.1 Å². The molecular weight excluding hydrogens is 428 g/mol. The number of hydrogen-bond donors (Lipinski definition) is 1. The van der Waals surface area contributed by atoms with Crippen LogP contribution in [0.1, 0.15) is 30.9 Å². The molecular formula is C28H25ClN4. The minimum Gasteiger partial charge on any atom is -0.340 e. The predicted molar refractivity (Wildman–Crippen MR) is 138 cm³/mol. The molecule has 0 atom stereocenters. The van der Waals surface area contributed by atoms with E-state index < -0.39 is 0 Å². The van der Waals surface area contributed by atoms with Gasteiger partial charge >= 0.3 is 0 Å². The number of aromatic nitrogens is 3. The summed E-state index contributed by atoms with van der Waals surface area (Å²) >= 11 is 6.45. The summed E-state index contributed by atoms with van der Waals surface area (Å²) in [5, 5.41) is 5.21. The summed E-state index contributed by atoms with van der Waals surface area (Å²) in [4.78, 5) is 9.29. The molecule has 4 nitrogen and oxygen atoms in total. The van der Waals surface area contributed by atoms with Gasteiger partial charge in [0, 0.05) is 28.2 Å². The van der Waals surface area contributed by atoms with Crippen molar-refractivity contribution >= 4 is 34.1 Å². The molecule has 0 aliphatic rings. The molecule has 0 aliphatic carbocycles. The Balaban J connectivity index is 1.69. The first-order valence-electron chi connectivity index (χ1n) is 11.1. The number of aryl methyl sites for hydroxylation is 1. The highest BCUT2D eigenvalue weighted by molar-refractivity contribution is 6.31. The van der Waals surface area contributed by atoms with Crippen LogP contribution < -0.4 is 5.32 Å². The lowest BCUT2D eigenvalue weighted by molar-refractivity contribution is 0.867. The van der Waals surface area contributed by atoms with Gasteiger partial charge in [0.15, 0.2) is 5.65 Å². The average molecular weight is 453 g/mol. The van der Waals surface area contributed by atoms with Gasteiger partial charge in [-0.1, -0.05) is 74.0 Å². The van der Waals surface area contributed by atoms with Crippen molar-refractivity contribution in [1.82, 2.24) is 14.5 Å². The first kappa shape index (κ1) is 21.2. The molecule has 0 saturated heterocycles. The maximum absolute atomic E-state index is 6.45. The average Bonchev–Trinajstić information content (AvgIpc) is 3.22. The van der Waals surface area contributed by atoms with E-state index in [-0.39, 0.29) is 0 Å². The van der Waals surface area contributed by atoms with Crippen LogP contribution in [0.2, 0.25) is 5.02 Å². The van der Waals surface area contributed by atoms with Crippen LogP contribution in [0.5, 0.6) is 0 Å². The first-order chi connectivity index (χ1) is 16.0. The minimum absolute atomic E-state index is 0.491. The van der Waals surface area contributed by atoms with Crippen LogP contribution in [-0.2, 0) is 0 Å². The van der Waals surface area contributed by atoms with Gasteiger partial charge in [-0.05, 0) is 53.8 Å². The van der Waals surface area contributed by atoms with Crippen molar-refractivity contribution < 1.29 is 0 Å². The second-order valence-electron chi connectivity index (χ2n) is 8.53. The SMILES string of the molecule is Cc1ccc(-n2cc(-c3ccccc3)c3c(Nc4ccc(C(C)C)cc4)ncnc32)cc1Cl. The van der Waals surface area contributed by atoms with Gasteiger partial charge in [0.05, 0.1) is 5.39 Å². The number of rotatable bonds is 5. The maximum atomic E-state index is 6.45. The Morgan fingerprint density at radius 1 is 0.909 bits per heavy atom. The number of fused-ring (bicyclic) bond motifs is 1. The van der Waals surface area contributed by atoms with Crippen LogP contribution in [0.3, 0.4) is 0 Å². The molecule has 2 aromatic heterocycles. The van der Waals surface area contributed by atoms with Crippen LogP contribution in [0.25, 0.3) is 27.8 Å². The lowest BCUT2D eigenvalue weighted by atomic mass is 10.0. The number of hydrogen-bond acceptors (Lipinski definition) is 3. The number of nitrogens with zero attached hydrogens (tertiary/aromatic N) is 3. The van der Waals surface area contributed by atoms with Crippen LogP contribution in [0.4, 0.5) is 11.5 Å². The van der Waals surface area contributed by atoms with Crippen LogP contribution in [0, 0.1) is 6.92 Å². The van der Waals surface area contributed by atoms with E-state index in [4.69, 9.17) is 11.6 Å². The molecule has 5 rings (SSSR count). The molecule has 5 aromatic rings. The highest BCUT2D eigenvalue weighted by Crippen LogP contribution is 2.37. The Bertz CT molecular complexity index is 1420. The van der Waals surface area contributed by atoms with Gasteiger partial charge < -0.3 is 9.88 Å². The second kappa shape index (κ2) is 8.72. The van der Waals surface area contributed by atoms with E-state index in [1.165, 1.54) is 5.56 Å². The molecule has 164 valence electrons. The molecule has 0 spiro atoms. The van der Waals surface area contributed by atoms with Crippen LogP contribution >= 0.6 is 11.6 Å². The molecule has 3 aromatic carbocycles. The van der Waals surface area contributed by atoms with Crippen LogP contribution in [0.15, 0.2) is 85.3 Å². The van der Waals surface area contributed by atoms with E-state index in [1.807, 2.05) is 37.3 Å². The van der Waals surface area contributed by atoms with Crippen LogP contribution in [-0.4, -0.2) is 14.5 Å². The van der Waals surface area contributed by atoms with E-state index in [1.54, 1.807) is 6.33 Å². The van der Waals surface area contributed by atoms with E-state index in [9.17, 15) is 0 Å². The van der Waals surface area contributed by atoms with E-state index in [2.05, 4.69) is 82.4 Å². The van der Waals surface area contributed by atoms with Crippen molar-refractivity contribution in [3.63, 3.8) is 0 Å². The number of benzene rings is 3. The molecule has 0 bridgehead atoms. The Labute approximate surface area is 198 Å². The van der Waals surface area contributed by atoms with Crippen molar-refractivity contribution in [1.29, 1.82) is 0 Å². The van der Waals surface area contributed by atoms with Gasteiger partial charge in [-0.2, -0.15) is 0 Å². The van der Waals surface area contributed by atoms with E-state index in [0.717, 1.165) is 49.9 Å². The molecule has 0 saturated carbocycles. The Morgan fingerprint density at radius 3 is 2.36 bits per heavy atom. The van der Waals surface area contributed by atoms with E-state index >= 15 is 0 Å². The zero-order valence-corrected chi connectivity index (χ0v) is 19.6. The Hall–Kier alpha value is -3.63. The predicted octanol–water partition coefficient (Wildman–Crippen LogP) is 7.92. The van der Waals surface area contributed by atoms with E-state index in [0.29, 0.717) is 5.92 Å². The lowest BCUT2D eigenvalue weighted by Crippen LogP contribution is -1.99. The summed E-state index contributed by atoms with van der Waals surface area (Å²) in [6.45, 7) is 6.40. The molecule has 2 heterocycles. The van der Waals surface area contributed by atoms with Crippen molar-refractivity contribution in [2.24, 2.45) is 0 Å². The first-order valence-corrected chi connectivity index (χ1v) is 11.4. The lowest BCUT2D eigenvalue weighted by Gasteiger charge is -2.11. The Kier molecular flexibility index (Phi) is 5.61. The zero-order valence-electron chi connectivity index (χ0n) is 18.9. The summed E-state index contributed by atoms with van der Waals surface area (Å²) in [5.41, 5.74) is 7.29. The van der Waals surface area contributed by atoms with Crippen molar-refractivity contribution in [2.75, 3.05) is 5.32 Å². The summed E-state index contributed by atoms with van der Waals surface area (Å²) in [6, 6.07) is 24.9. The van der Waals surface area contributed by atoms with Gasteiger partial charge in [-0.25, -0.2) is 9.97 Å². The quantitative estimate of drug-likeness (QED) is 0.294. The minimum atomic E-state index is 0.491. The van der Waals surface area contributed by atoms with Crippen molar-refractivity contribution in [3.8, 4) is 16.8 Å². The number of halogens is 1. The fraction of sp³-hybridized carbons (Fsp3) is 0.143. The topological polar surface area (TPSA) is 42.7 Å². The normalized spacial score (nSPS) is 11.3. The Morgan fingerprint density at radius 2 is 1.67 bits per heavy atom. The largest absolute Gasteiger partial charge is 0.340 e. The van der Waals surface area contributed by atoms with Gasteiger partial charge in [-0.3, -0.25) is 0 Å². The molecule has 5 heteroatoms. The van der Waals surface area contributed by atoms with Gasteiger partial charge in [0.25, 0.3) is 0 Å². The summed E-state index contributed by atoms with van der Waals surface area (Å²) in [5.74, 6) is 1.26. The van der Waals surface area contributed by atoms with Gasteiger partial charge in [0.2, 0.25) is 0 Å². The molecule has 0 fully saturated rings. The molecule has 0 amide bonds. The third kappa shape index (κ3) is 4.10. The fourth-order valence-corrected chi connectivity index (χ4v) is 4.18. The summed E-state index contributed by atoms with van der Waals surface area (Å²) in [6.07, 6.45) is 3.72. The highest BCUT2D eigenvalue weighted by Gasteiger charge is 2.18. The molecule has 0 radical (unpaired) electrons. The van der Waals surface area contributed by atoms with Crippen molar-refractivity contribution in [2.45, 2.75) is 26.7 Å². The number of anilines is 2. The monoisotopic (exact) mass is 452 g/mol. The highest BCUT2D eigenvalue weighted by atomic mass is 35.5. The smallest absolute Gasteiger partial charge is 0.150 e. The van der Waals surface area contributed by atoms with Gasteiger partial charge in [-0.15, -0.1) is 0 Å². The second-order valence-corrected chi connectivity index (χ2v) is 8.94. The maximum Gasteiger partial charge on any atom is 0.150 e. The molecule has 33 heavy (non-hydrogen) atoms. The third-order valence-corrected chi connectivity index (χ3v) is 6.35. The molecule has 0 unspecified atom stereocenters. The third-order valence-electron chi connectivity index (χ3n) is 5.94.